The van der Waals surface area contributed by atoms with Crippen LogP contribution in [-0.4, -0.2) is 34.9 Å². The van der Waals surface area contributed by atoms with Crippen molar-refractivity contribution < 1.29 is 36.1 Å². The van der Waals surface area contributed by atoms with E-state index >= 15 is 0 Å². The summed E-state index contributed by atoms with van der Waals surface area (Å²) in [7, 11) is 0. The van der Waals surface area contributed by atoms with Crippen molar-refractivity contribution in [2.45, 2.75) is 31.3 Å². The Hall–Kier alpha value is 0.0383. The van der Waals surface area contributed by atoms with Crippen molar-refractivity contribution in [3.8, 4) is 0 Å². The van der Waals surface area contributed by atoms with Crippen molar-refractivity contribution in [3.63, 3.8) is 0 Å². The van der Waals surface area contributed by atoms with Crippen LogP contribution in [0.2, 0.25) is 0 Å². The summed E-state index contributed by atoms with van der Waals surface area (Å²) in [6.07, 6.45) is 3.97. The van der Waals surface area contributed by atoms with E-state index < -0.39 is 12.6 Å². The molecule has 0 radical (unpaired) electrons. The second-order valence-corrected chi connectivity index (χ2v) is 4.04. The minimum absolute atomic E-state index is 0. The van der Waals surface area contributed by atoms with Crippen molar-refractivity contribution in [1.82, 2.24) is 0 Å². The van der Waals surface area contributed by atoms with E-state index in [2.05, 4.69) is 0 Å². The maximum atomic E-state index is 9.12. The van der Waals surface area contributed by atoms with Crippen LogP contribution in [0.1, 0.15) is 19.3 Å². The molecule has 2 saturated carbocycles. The summed E-state index contributed by atoms with van der Waals surface area (Å²) in [6.45, 7) is -0.778. The number of hydrogen-bond acceptors (Lipinski definition) is 4. The zero-order valence-corrected chi connectivity index (χ0v) is 10.7. The number of aliphatic carboxylic acids is 1. The molecule has 2 fully saturated rings. The molecule has 0 aliphatic heterocycles. The van der Waals surface area contributed by atoms with Crippen molar-refractivity contribution in [1.29, 1.82) is 0 Å². The van der Waals surface area contributed by atoms with Gasteiger partial charge in [-0.05, 0) is 31.1 Å². The number of carbonyl (C=O) groups is 1. The Bertz CT molecular complexity index is 198. The predicted octanol–water partition coefficient (Wildman–Crippen LogP) is -0.868. The van der Waals surface area contributed by atoms with E-state index in [0.717, 1.165) is 11.8 Å². The minimum atomic E-state index is -1.19. The van der Waals surface area contributed by atoms with Gasteiger partial charge in [0.05, 0.1) is 0 Å². The average Bonchev–Trinajstić information content (AvgIpc) is 2.72. The predicted molar refractivity (Wildman–Crippen MR) is 51.5 cm³/mol. The molecule has 0 spiro atoms. The van der Waals surface area contributed by atoms with Crippen LogP contribution >= 0.6 is 0 Å². The van der Waals surface area contributed by atoms with Gasteiger partial charge in [-0.1, -0.05) is 0 Å². The van der Waals surface area contributed by atoms with E-state index in [-0.39, 0.29) is 21.1 Å². The molecule has 6 heteroatoms. The monoisotopic (exact) mass is 397 g/mol. The summed E-state index contributed by atoms with van der Waals surface area (Å²) in [4.78, 5) is 9.12. The zero-order chi connectivity index (χ0) is 10.7. The van der Waals surface area contributed by atoms with Crippen LogP contribution in [0, 0.1) is 11.8 Å². The molecular formula is C9H18N2O3Pt. The Kier molecular flexibility index (Phi) is 6.60. The summed E-state index contributed by atoms with van der Waals surface area (Å²) in [6, 6.07) is 0.646. The molecule has 5 nitrogen and oxygen atoms in total. The Morgan fingerprint density at radius 3 is 1.67 bits per heavy atom. The number of carboxylic acids is 1. The molecule has 0 aromatic rings. The van der Waals surface area contributed by atoms with Gasteiger partial charge >= 0.3 is 5.97 Å². The first kappa shape index (κ1) is 15.0. The normalized spacial score (nSPS) is 36.5. The summed E-state index contributed by atoms with van der Waals surface area (Å²) >= 11 is 0. The molecule has 2 rings (SSSR count). The number of aliphatic hydroxyl groups excluding tert-OH is 1. The van der Waals surface area contributed by atoms with Crippen LogP contribution in [0.4, 0.5) is 0 Å². The van der Waals surface area contributed by atoms with Crippen LogP contribution < -0.4 is 11.5 Å². The number of hydrogen-bond donors (Lipinski definition) is 4. The molecule has 2 aliphatic carbocycles. The third kappa shape index (κ3) is 3.83. The molecule has 4 atom stereocenters. The quantitative estimate of drug-likeness (QED) is 0.460. The van der Waals surface area contributed by atoms with Crippen molar-refractivity contribution >= 4 is 5.97 Å². The molecule has 0 heterocycles. The molecule has 2 aliphatic rings. The zero-order valence-electron chi connectivity index (χ0n) is 8.41. The third-order valence-electron chi connectivity index (χ3n) is 3.18. The summed E-state index contributed by atoms with van der Waals surface area (Å²) < 4.78 is 0. The number of carboxylic acid groups (broad SMARTS) is 1. The van der Waals surface area contributed by atoms with E-state index in [9.17, 15) is 0 Å². The van der Waals surface area contributed by atoms with Gasteiger partial charge in [-0.2, -0.15) is 0 Å². The fourth-order valence-electron chi connectivity index (χ4n) is 2.38. The number of nitrogens with two attached hydrogens (primary N) is 2. The number of aliphatic hydroxyl groups is 1. The fourth-order valence-corrected chi connectivity index (χ4v) is 2.38. The van der Waals surface area contributed by atoms with Gasteiger partial charge < -0.3 is 21.7 Å². The topological polar surface area (TPSA) is 110 Å². The maximum Gasteiger partial charge on any atom is 0.329 e. The molecule has 2 bridgehead atoms. The molecule has 0 aromatic heterocycles. The SMILES string of the molecule is NC1C(N)[C@H]2CC[C@@H]1C2.O=C(O)CO.[Pt]. The van der Waals surface area contributed by atoms with E-state index in [1.54, 1.807) is 0 Å². The number of rotatable bonds is 1. The second kappa shape index (κ2) is 6.58. The second-order valence-electron chi connectivity index (χ2n) is 4.04. The van der Waals surface area contributed by atoms with Gasteiger partial charge in [0, 0.05) is 33.1 Å². The van der Waals surface area contributed by atoms with Crippen molar-refractivity contribution in [2.75, 3.05) is 6.61 Å². The van der Waals surface area contributed by atoms with Gasteiger partial charge in [0.25, 0.3) is 0 Å². The van der Waals surface area contributed by atoms with E-state index in [1.165, 1.54) is 19.3 Å². The first-order valence-corrected chi connectivity index (χ1v) is 4.90. The van der Waals surface area contributed by atoms with Crippen molar-refractivity contribution in [3.05, 3.63) is 0 Å². The van der Waals surface area contributed by atoms with Crippen LogP contribution in [0.15, 0.2) is 0 Å². The summed E-state index contributed by atoms with van der Waals surface area (Å²) in [5, 5.41) is 15.0. The van der Waals surface area contributed by atoms with Gasteiger partial charge in [0.15, 0.2) is 0 Å². The minimum Gasteiger partial charge on any atom is -0.480 e. The van der Waals surface area contributed by atoms with E-state index in [0.29, 0.717) is 12.1 Å². The number of fused-ring (bicyclic) bond motifs is 2. The standard InChI is InChI=1S/C7H14N2.C2H4O3.Pt/c8-6-4-1-2-5(3-4)7(6)9;3-1-2(4)5;/h4-7H,1-3,8-9H2;3H,1H2,(H,4,5);/t4-,5+,6?,7?;;. The molecule has 2 unspecified atom stereocenters. The van der Waals surface area contributed by atoms with Crippen LogP contribution in [0.25, 0.3) is 0 Å². The van der Waals surface area contributed by atoms with Gasteiger partial charge in [-0.3, -0.25) is 0 Å². The Labute approximate surface area is 103 Å². The van der Waals surface area contributed by atoms with E-state index in [4.69, 9.17) is 26.5 Å². The van der Waals surface area contributed by atoms with Gasteiger partial charge in [0.2, 0.25) is 0 Å². The molecular weight excluding hydrogens is 379 g/mol. The third-order valence-corrected chi connectivity index (χ3v) is 3.18. The summed E-state index contributed by atoms with van der Waals surface area (Å²) in [5.41, 5.74) is 11.7. The molecule has 0 amide bonds. The largest absolute Gasteiger partial charge is 0.480 e. The first-order chi connectivity index (χ1) is 6.56. The average molecular weight is 397 g/mol. The van der Waals surface area contributed by atoms with E-state index in [1.807, 2.05) is 0 Å². The first-order valence-electron chi connectivity index (χ1n) is 4.90. The van der Waals surface area contributed by atoms with Crippen LogP contribution in [0.5, 0.6) is 0 Å². The van der Waals surface area contributed by atoms with Crippen molar-refractivity contribution in [2.24, 2.45) is 23.3 Å². The maximum absolute atomic E-state index is 9.12. The van der Waals surface area contributed by atoms with Gasteiger partial charge in [-0.25, -0.2) is 4.79 Å². The van der Waals surface area contributed by atoms with Crippen LogP contribution in [-0.2, 0) is 25.9 Å². The Balaban J connectivity index is 0.000000289. The fraction of sp³-hybridized carbons (Fsp3) is 0.889. The molecule has 0 saturated heterocycles. The Morgan fingerprint density at radius 1 is 1.20 bits per heavy atom. The molecule has 15 heavy (non-hydrogen) atoms. The van der Waals surface area contributed by atoms with Gasteiger partial charge in [-0.15, -0.1) is 0 Å². The summed E-state index contributed by atoms with van der Waals surface area (Å²) in [5.74, 6) is 0.347. The molecule has 92 valence electrons. The smallest absolute Gasteiger partial charge is 0.329 e. The molecule has 6 N–H and O–H groups in total. The Morgan fingerprint density at radius 2 is 1.53 bits per heavy atom. The van der Waals surface area contributed by atoms with Crippen LogP contribution in [0.3, 0.4) is 0 Å². The van der Waals surface area contributed by atoms with Gasteiger partial charge in [0.1, 0.15) is 6.61 Å². The molecule has 0 aromatic carbocycles.